The molecule has 0 aliphatic rings. The number of hydrogen-bond acceptors (Lipinski definition) is 4. The van der Waals surface area contributed by atoms with Gasteiger partial charge >= 0.3 is 0 Å². The first-order valence-electron chi connectivity index (χ1n) is 8.16. The monoisotopic (exact) mass is 420 g/mol. The second kappa shape index (κ2) is 9.82. The van der Waals surface area contributed by atoms with Crippen LogP contribution in [0.2, 0.25) is 0 Å². The Hall–Kier alpha value is -2.54. The second-order valence-corrected chi connectivity index (χ2v) is 6.46. The van der Waals surface area contributed by atoms with Gasteiger partial charge in [0.15, 0.2) is 13.2 Å². The van der Waals surface area contributed by atoms with Crippen molar-refractivity contribution < 1.29 is 19.1 Å². The van der Waals surface area contributed by atoms with Gasteiger partial charge in [0.2, 0.25) is 0 Å². The van der Waals surface area contributed by atoms with Gasteiger partial charge in [-0.2, -0.15) is 0 Å². The summed E-state index contributed by atoms with van der Waals surface area (Å²) in [6.07, 6.45) is 0.939. The van der Waals surface area contributed by atoms with Crippen LogP contribution in [0.1, 0.15) is 18.1 Å². The van der Waals surface area contributed by atoms with Crippen molar-refractivity contribution in [3.63, 3.8) is 0 Å². The van der Waals surface area contributed by atoms with Crippen LogP contribution in [-0.4, -0.2) is 25.0 Å². The maximum Gasteiger partial charge on any atom is 0.276 e. The summed E-state index contributed by atoms with van der Waals surface area (Å²) in [5, 5.41) is 0. The number of rotatable bonds is 7. The van der Waals surface area contributed by atoms with E-state index in [1.165, 1.54) is 5.56 Å². The zero-order chi connectivity index (χ0) is 18.9. The highest BCUT2D eigenvalue weighted by atomic mass is 79.9. The van der Waals surface area contributed by atoms with Gasteiger partial charge in [0.25, 0.3) is 11.8 Å². The molecule has 2 N–H and O–H groups in total. The molecule has 2 rings (SSSR count). The van der Waals surface area contributed by atoms with Crippen molar-refractivity contribution in [2.45, 2.75) is 20.3 Å². The molecule has 138 valence electrons. The van der Waals surface area contributed by atoms with Crippen LogP contribution in [0.5, 0.6) is 11.5 Å². The van der Waals surface area contributed by atoms with Crippen LogP contribution >= 0.6 is 15.9 Å². The van der Waals surface area contributed by atoms with Gasteiger partial charge in [-0.05, 0) is 64.7 Å². The Morgan fingerprint density at radius 1 is 0.962 bits per heavy atom. The molecule has 2 aromatic carbocycles. The van der Waals surface area contributed by atoms with Gasteiger partial charge in [0.1, 0.15) is 11.5 Å². The molecule has 0 spiro atoms. The lowest BCUT2D eigenvalue weighted by Crippen LogP contribution is -2.45. The average molecular weight is 421 g/mol. The Morgan fingerprint density at radius 2 is 1.58 bits per heavy atom. The third-order valence-corrected chi connectivity index (χ3v) is 4.11. The van der Waals surface area contributed by atoms with Crippen molar-refractivity contribution >= 4 is 27.7 Å². The molecule has 0 atom stereocenters. The van der Waals surface area contributed by atoms with Crippen molar-refractivity contribution in [2.24, 2.45) is 0 Å². The van der Waals surface area contributed by atoms with E-state index in [-0.39, 0.29) is 13.2 Å². The van der Waals surface area contributed by atoms with E-state index < -0.39 is 11.8 Å². The number of aryl methyl sites for hydroxylation is 2. The topological polar surface area (TPSA) is 76.7 Å². The third-order valence-electron chi connectivity index (χ3n) is 3.49. The third kappa shape index (κ3) is 6.40. The van der Waals surface area contributed by atoms with Gasteiger partial charge in [0, 0.05) is 0 Å². The molecule has 2 amide bonds. The fourth-order valence-electron chi connectivity index (χ4n) is 2.05. The Kier molecular flexibility index (Phi) is 7.47. The molecule has 0 aliphatic heterocycles. The molecule has 0 bridgehead atoms. The van der Waals surface area contributed by atoms with E-state index >= 15 is 0 Å². The van der Waals surface area contributed by atoms with Gasteiger partial charge < -0.3 is 9.47 Å². The highest BCUT2D eigenvalue weighted by molar-refractivity contribution is 9.10. The highest BCUT2D eigenvalue weighted by Crippen LogP contribution is 2.25. The van der Waals surface area contributed by atoms with Gasteiger partial charge in [-0.25, -0.2) is 0 Å². The Labute approximate surface area is 161 Å². The van der Waals surface area contributed by atoms with Crippen LogP contribution in [0.15, 0.2) is 46.9 Å². The molecule has 0 saturated heterocycles. The Bertz CT molecular complexity index is 763. The summed E-state index contributed by atoms with van der Waals surface area (Å²) in [5.74, 6) is 0.208. The normalized spacial score (nSPS) is 10.1. The first kappa shape index (κ1) is 19.8. The number of carbonyl (C=O) groups excluding carboxylic acids is 2. The summed E-state index contributed by atoms with van der Waals surface area (Å²) in [4.78, 5) is 23.4. The predicted octanol–water partition coefficient (Wildman–Crippen LogP) is 2.93. The number of hydrazine groups is 1. The molecule has 6 nitrogen and oxygen atoms in total. The molecular formula is C19H21BrN2O4. The first-order chi connectivity index (χ1) is 12.5. The zero-order valence-corrected chi connectivity index (χ0v) is 16.3. The van der Waals surface area contributed by atoms with E-state index in [0.717, 1.165) is 16.5 Å². The second-order valence-electron chi connectivity index (χ2n) is 5.61. The summed E-state index contributed by atoms with van der Waals surface area (Å²) in [7, 11) is 0. The smallest absolute Gasteiger partial charge is 0.276 e. The highest BCUT2D eigenvalue weighted by Gasteiger charge is 2.08. The minimum absolute atomic E-state index is 0.198. The summed E-state index contributed by atoms with van der Waals surface area (Å²) >= 11 is 3.37. The van der Waals surface area contributed by atoms with Gasteiger partial charge in [-0.1, -0.05) is 25.1 Å². The lowest BCUT2D eigenvalue weighted by molar-refractivity contribution is -0.131. The van der Waals surface area contributed by atoms with E-state index in [4.69, 9.17) is 9.47 Å². The van der Waals surface area contributed by atoms with Gasteiger partial charge in [-0.15, -0.1) is 0 Å². The van der Waals surface area contributed by atoms with E-state index in [9.17, 15) is 9.59 Å². The molecule has 0 radical (unpaired) electrons. The lowest BCUT2D eigenvalue weighted by atomic mass is 10.2. The number of benzene rings is 2. The van der Waals surface area contributed by atoms with E-state index in [0.29, 0.717) is 11.5 Å². The summed E-state index contributed by atoms with van der Waals surface area (Å²) in [6.45, 7) is 3.60. The molecule has 26 heavy (non-hydrogen) atoms. The Morgan fingerprint density at radius 3 is 2.15 bits per heavy atom. The Balaban J connectivity index is 1.68. The van der Waals surface area contributed by atoms with Crippen LogP contribution < -0.4 is 20.3 Å². The van der Waals surface area contributed by atoms with Gasteiger partial charge in [-0.3, -0.25) is 20.4 Å². The quantitative estimate of drug-likeness (QED) is 0.675. The fraction of sp³-hybridized carbons (Fsp3) is 0.263. The van der Waals surface area contributed by atoms with Crippen molar-refractivity contribution in [2.75, 3.05) is 13.2 Å². The lowest BCUT2D eigenvalue weighted by Gasteiger charge is -2.11. The molecule has 0 unspecified atom stereocenters. The van der Waals surface area contributed by atoms with E-state index in [2.05, 4.69) is 33.7 Å². The number of amides is 2. The van der Waals surface area contributed by atoms with Crippen LogP contribution in [0, 0.1) is 6.92 Å². The van der Waals surface area contributed by atoms with Crippen LogP contribution in [0.4, 0.5) is 0 Å². The van der Waals surface area contributed by atoms with Crippen LogP contribution in [0.3, 0.4) is 0 Å². The molecule has 0 saturated carbocycles. The van der Waals surface area contributed by atoms with Gasteiger partial charge in [0.05, 0.1) is 4.47 Å². The van der Waals surface area contributed by atoms with Crippen molar-refractivity contribution in [3.8, 4) is 11.5 Å². The molecule has 2 aromatic rings. The number of halogens is 1. The number of nitrogens with one attached hydrogen (secondary N) is 2. The number of ether oxygens (including phenoxy) is 2. The number of hydrogen-bond donors (Lipinski definition) is 2. The fourth-order valence-corrected chi connectivity index (χ4v) is 2.66. The predicted molar refractivity (Wildman–Crippen MR) is 102 cm³/mol. The molecular weight excluding hydrogens is 400 g/mol. The number of carbonyl (C=O) groups is 2. The zero-order valence-electron chi connectivity index (χ0n) is 14.7. The molecule has 0 aromatic heterocycles. The molecule has 0 fully saturated rings. The first-order valence-corrected chi connectivity index (χ1v) is 8.95. The van der Waals surface area contributed by atoms with E-state index in [1.807, 2.05) is 31.2 Å². The molecule has 0 aliphatic carbocycles. The maximum absolute atomic E-state index is 11.7. The van der Waals surface area contributed by atoms with Crippen molar-refractivity contribution in [3.05, 3.63) is 58.1 Å². The molecule has 0 heterocycles. The molecule has 7 heteroatoms. The van der Waals surface area contributed by atoms with Crippen molar-refractivity contribution in [1.82, 2.24) is 10.9 Å². The standard InChI is InChI=1S/C19H21BrN2O4/c1-3-14-5-7-15(8-6-14)25-11-18(23)21-22-19(24)12-26-17-9-4-13(2)10-16(17)20/h4-10H,3,11-12H2,1-2H3,(H,21,23)(H,22,24). The summed E-state index contributed by atoms with van der Waals surface area (Å²) in [5.41, 5.74) is 6.82. The maximum atomic E-state index is 11.7. The van der Waals surface area contributed by atoms with Crippen LogP contribution in [0.25, 0.3) is 0 Å². The largest absolute Gasteiger partial charge is 0.484 e. The average Bonchev–Trinajstić information content (AvgIpc) is 2.64. The summed E-state index contributed by atoms with van der Waals surface area (Å²) < 4.78 is 11.5. The minimum atomic E-state index is -0.474. The summed E-state index contributed by atoms with van der Waals surface area (Å²) in [6, 6.07) is 13.0. The van der Waals surface area contributed by atoms with Crippen molar-refractivity contribution in [1.29, 1.82) is 0 Å². The van der Waals surface area contributed by atoms with Crippen LogP contribution in [-0.2, 0) is 16.0 Å². The minimum Gasteiger partial charge on any atom is -0.484 e. The van der Waals surface area contributed by atoms with E-state index in [1.54, 1.807) is 18.2 Å². The SMILES string of the molecule is CCc1ccc(OCC(=O)NNC(=O)COc2ccc(C)cc2Br)cc1.